The number of benzene rings is 2. The van der Waals surface area contributed by atoms with E-state index >= 15 is 0 Å². The first kappa shape index (κ1) is 13.1. The molecule has 2 N–H and O–H groups in total. The average Bonchev–Trinajstić information content (AvgIpc) is 2.96. The van der Waals surface area contributed by atoms with Crippen LogP contribution in [0.2, 0.25) is 0 Å². The van der Waals surface area contributed by atoms with Crippen LogP contribution in [0.15, 0.2) is 53.2 Å². The van der Waals surface area contributed by atoms with Crippen molar-refractivity contribution in [1.29, 1.82) is 0 Å². The van der Waals surface area contributed by atoms with Crippen molar-refractivity contribution in [2.24, 2.45) is 0 Å². The Bertz CT molecular complexity index is 762. The molecule has 0 unspecified atom stereocenters. The number of aromatic hydroxyl groups is 2. The number of phenolic OH excluding ortho intramolecular Hbond substituents is 2. The summed E-state index contributed by atoms with van der Waals surface area (Å²) in [4.78, 5) is 0. The number of aromatic nitrogens is 1. The van der Waals surface area contributed by atoms with E-state index in [0.717, 1.165) is 16.9 Å². The van der Waals surface area contributed by atoms with Crippen molar-refractivity contribution >= 4 is 0 Å². The monoisotopic (exact) mass is 283 g/mol. The summed E-state index contributed by atoms with van der Waals surface area (Å²) in [5.74, 6) is 1.12. The minimum Gasteiger partial charge on any atom is -0.508 e. The zero-order valence-corrected chi connectivity index (χ0v) is 11.3. The molecule has 0 spiro atoms. The molecule has 106 valence electrons. The van der Waals surface area contributed by atoms with Crippen molar-refractivity contribution < 1.29 is 19.5 Å². The van der Waals surface area contributed by atoms with E-state index in [1.807, 2.05) is 24.3 Å². The Balaban J connectivity index is 2.07. The van der Waals surface area contributed by atoms with E-state index in [4.69, 9.17) is 9.26 Å². The van der Waals surface area contributed by atoms with Gasteiger partial charge < -0.3 is 19.5 Å². The second kappa shape index (κ2) is 5.20. The molecular formula is C16H13NO4. The minimum atomic E-state index is -0.0680. The van der Waals surface area contributed by atoms with Gasteiger partial charge in [0.1, 0.15) is 17.2 Å². The van der Waals surface area contributed by atoms with Crippen molar-refractivity contribution in [2.75, 3.05) is 7.11 Å². The van der Waals surface area contributed by atoms with Gasteiger partial charge in [0.25, 0.3) is 0 Å². The molecular weight excluding hydrogens is 270 g/mol. The van der Waals surface area contributed by atoms with Crippen LogP contribution in [0.3, 0.4) is 0 Å². The highest BCUT2D eigenvalue weighted by molar-refractivity contribution is 5.82. The van der Waals surface area contributed by atoms with E-state index in [1.54, 1.807) is 19.4 Å². The van der Waals surface area contributed by atoms with Gasteiger partial charge in [0.15, 0.2) is 5.76 Å². The first-order valence-electron chi connectivity index (χ1n) is 6.30. The Morgan fingerprint density at radius 1 is 1.00 bits per heavy atom. The lowest BCUT2D eigenvalue weighted by Crippen LogP contribution is -1.84. The van der Waals surface area contributed by atoms with Gasteiger partial charge in [0.2, 0.25) is 0 Å². The van der Waals surface area contributed by atoms with Gasteiger partial charge >= 0.3 is 0 Å². The van der Waals surface area contributed by atoms with E-state index in [9.17, 15) is 10.2 Å². The van der Waals surface area contributed by atoms with Crippen molar-refractivity contribution in [2.45, 2.75) is 0 Å². The quantitative estimate of drug-likeness (QED) is 0.770. The molecule has 0 aliphatic rings. The van der Waals surface area contributed by atoms with Gasteiger partial charge in [-0.25, -0.2) is 0 Å². The predicted octanol–water partition coefficient (Wildman–Crippen LogP) is 3.43. The highest BCUT2D eigenvalue weighted by Crippen LogP contribution is 2.38. The number of nitrogens with zero attached hydrogens (tertiary/aromatic N) is 1. The van der Waals surface area contributed by atoms with Gasteiger partial charge in [-0.3, -0.25) is 0 Å². The Labute approximate surface area is 121 Å². The number of ether oxygens (including phenoxy) is 1. The van der Waals surface area contributed by atoms with Crippen LogP contribution >= 0.6 is 0 Å². The molecule has 0 saturated carbocycles. The SMILES string of the molecule is COc1ccc(-c2cnoc2-c2ccc(O)cc2O)cc1. The molecule has 5 heteroatoms. The molecule has 0 radical (unpaired) electrons. The highest BCUT2D eigenvalue weighted by atomic mass is 16.5. The minimum absolute atomic E-state index is 0.0123. The summed E-state index contributed by atoms with van der Waals surface area (Å²) < 4.78 is 10.4. The van der Waals surface area contributed by atoms with Crippen LogP contribution in [0.1, 0.15) is 0 Å². The lowest BCUT2D eigenvalue weighted by molar-refractivity contribution is 0.415. The van der Waals surface area contributed by atoms with Gasteiger partial charge in [-0.1, -0.05) is 17.3 Å². The Hall–Kier alpha value is -2.95. The maximum atomic E-state index is 9.95. The molecule has 21 heavy (non-hydrogen) atoms. The lowest BCUT2D eigenvalue weighted by atomic mass is 10.0. The fraction of sp³-hybridized carbons (Fsp3) is 0.0625. The molecule has 3 rings (SSSR count). The summed E-state index contributed by atoms with van der Waals surface area (Å²) in [6, 6.07) is 11.8. The Kier molecular flexibility index (Phi) is 3.23. The summed E-state index contributed by atoms with van der Waals surface area (Å²) in [5, 5.41) is 23.1. The molecule has 0 saturated heterocycles. The average molecular weight is 283 g/mol. The number of methoxy groups -OCH3 is 1. The van der Waals surface area contributed by atoms with Gasteiger partial charge in [-0.15, -0.1) is 0 Å². The highest BCUT2D eigenvalue weighted by Gasteiger charge is 2.16. The molecule has 2 aromatic carbocycles. The molecule has 5 nitrogen and oxygen atoms in total. The fourth-order valence-electron chi connectivity index (χ4n) is 2.12. The molecule has 1 heterocycles. The van der Waals surface area contributed by atoms with E-state index in [2.05, 4.69) is 5.16 Å². The number of phenols is 2. The van der Waals surface area contributed by atoms with E-state index in [0.29, 0.717) is 11.3 Å². The van der Waals surface area contributed by atoms with E-state index in [-0.39, 0.29) is 11.5 Å². The first-order valence-corrected chi connectivity index (χ1v) is 6.30. The standard InChI is InChI=1S/C16H13NO4/c1-20-12-5-2-10(3-6-12)14-9-17-21-16(14)13-7-4-11(18)8-15(13)19/h2-9,18-19H,1H3. The maximum absolute atomic E-state index is 9.95. The van der Waals surface area contributed by atoms with Crippen molar-refractivity contribution in [3.8, 4) is 39.7 Å². The normalized spacial score (nSPS) is 10.5. The topological polar surface area (TPSA) is 75.7 Å². The Morgan fingerprint density at radius 3 is 2.43 bits per heavy atom. The van der Waals surface area contributed by atoms with E-state index < -0.39 is 0 Å². The third-order valence-corrected chi connectivity index (χ3v) is 3.20. The maximum Gasteiger partial charge on any atom is 0.178 e. The van der Waals surface area contributed by atoms with Gasteiger partial charge in [-0.2, -0.15) is 0 Å². The molecule has 0 bridgehead atoms. The molecule has 3 aromatic rings. The number of hydrogen-bond donors (Lipinski definition) is 2. The summed E-state index contributed by atoms with van der Waals surface area (Å²) in [7, 11) is 1.61. The van der Waals surface area contributed by atoms with Crippen molar-refractivity contribution in [3.63, 3.8) is 0 Å². The second-order valence-electron chi connectivity index (χ2n) is 4.50. The van der Waals surface area contributed by atoms with Crippen LogP contribution in [-0.4, -0.2) is 22.5 Å². The summed E-state index contributed by atoms with van der Waals surface area (Å²) >= 11 is 0. The molecule has 0 amide bonds. The molecule has 0 aliphatic carbocycles. The molecule has 0 aliphatic heterocycles. The molecule has 0 atom stereocenters. The van der Waals surface area contributed by atoms with Crippen LogP contribution in [0.5, 0.6) is 17.2 Å². The third-order valence-electron chi connectivity index (χ3n) is 3.20. The predicted molar refractivity (Wildman–Crippen MR) is 77.3 cm³/mol. The van der Waals surface area contributed by atoms with E-state index in [1.165, 1.54) is 12.1 Å². The van der Waals surface area contributed by atoms with Crippen LogP contribution in [0.4, 0.5) is 0 Å². The fourth-order valence-corrected chi connectivity index (χ4v) is 2.12. The van der Waals surface area contributed by atoms with Crippen molar-refractivity contribution in [1.82, 2.24) is 5.16 Å². The Morgan fingerprint density at radius 2 is 1.76 bits per heavy atom. The van der Waals surface area contributed by atoms with Crippen LogP contribution in [-0.2, 0) is 0 Å². The zero-order chi connectivity index (χ0) is 14.8. The van der Waals surface area contributed by atoms with Crippen molar-refractivity contribution in [3.05, 3.63) is 48.7 Å². The molecule has 0 fully saturated rings. The van der Waals surface area contributed by atoms with Gasteiger partial charge in [-0.05, 0) is 29.8 Å². The molecule has 1 aromatic heterocycles. The largest absolute Gasteiger partial charge is 0.508 e. The summed E-state index contributed by atoms with van der Waals surface area (Å²) in [6.45, 7) is 0. The smallest absolute Gasteiger partial charge is 0.178 e. The zero-order valence-electron chi connectivity index (χ0n) is 11.3. The number of hydrogen-bond acceptors (Lipinski definition) is 5. The van der Waals surface area contributed by atoms with Gasteiger partial charge in [0.05, 0.1) is 18.9 Å². The van der Waals surface area contributed by atoms with Gasteiger partial charge in [0, 0.05) is 11.6 Å². The lowest BCUT2D eigenvalue weighted by Gasteiger charge is -2.05. The van der Waals surface area contributed by atoms with Crippen LogP contribution in [0.25, 0.3) is 22.5 Å². The number of rotatable bonds is 3. The summed E-state index contributed by atoms with van der Waals surface area (Å²) in [6.07, 6.45) is 1.59. The third kappa shape index (κ3) is 2.41. The van der Waals surface area contributed by atoms with Crippen LogP contribution in [0, 0.1) is 0 Å². The first-order chi connectivity index (χ1) is 10.2. The summed E-state index contributed by atoms with van der Waals surface area (Å²) in [5.41, 5.74) is 2.11. The second-order valence-corrected chi connectivity index (χ2v) is 4.50. The van der Waals surface area contributed by atoms with Crippen LogP contribution < -0.4 is 4.74 Å².